The molecule has 4 nitrogen and oxygen atoms in total. The maximum absolute atomic E-state index is 10.1. The minimum absolute atomic E-state index is 0.0629. The fourth-order valence-corrected chi connectivity index (χ4v) is 2.74. The van der Waals surface area contributed by atoms with Crippen LogP contribution in [0.15, 0.2) is 18.2 Å². The molecule has 1 heterocycles. The molecule has 1 saturated heterocycles. The van der Waals surface area contributed by atoms with Crippen LogP contribution in [0.5, 0.6) is 5.75 Å². The fourth-order valence-electron chi connectivity index (χ4n) is 2.51. The summed E-state index contributed by atoms with van der Waals surface area (Å²) in [7, 11) is 2.11. The van der Waals surface area contributed by atoms with Crippen LogP contribution in [0.2, 0.25) is 5.02 Å². The first-order chi connectivity index (χ1) is 10.0. The summed E-state index contributed by atoms with van der Waals surface area (Å²) in [5, 5.41) is 19.7. The Labute approximate surface area is 131 Å². The summed E-state index contributed by atoms with van der Waals surface area (Å²) in [5.41, 5.74) is 0.706. The van der Waals surface area contributed by atoms with Crippen molar-refractivity contribution in [2.75, 3.05) is 26.7 Å². The lowest BCUT2D eigenvalue weighted by Crippen LogP contribution is -2.35. The Morgan fingerprint density at radius 3 is 2.62 bits per heavy atom. The second-order valence-corrected chi connectivity index (χ2v) is 6.32. The van der Waals surface area contributed by atoms with Gasteiger partial charge in [-0.1, -0.05) is 24.6 Å². The lowest BCUT2D eigenvalue weighted by Gasteiger charge is -2.29. The number of aliphatic hydroxyl groups is 2. The van der Waals surface area contributed by atoms with Crippen molar-refractivity contribution in [3.8, 4) is 5.75 Å². The SMILES string of the molecule is C[C@H](CO)[C@H](O)c1ccc(OC2CCN(C)CC2)c(Cl)c1. The zero-order valence-electron chi connectivity index (χ0n) is 12.6. The van der Waals surface area contributed by atoms with E-state index in [1.807, 2.05) is 12.1 Å². The number of piperidine rings is 1. The maximum Gasteiger partial charge on any atom is 0.138 e. The van der Waals surface area contributed by atoms with Crippen LogP contribution in [0.1, 0.15) is 31.4 Å². The van der Waals surface area contributed by atoms with E-state index in [-0.39, 0.29) is 18.6 Å². The van der Waals surface area contributed by atoms with Crippen LogP contribution in [0, 0.1) is 5.92 Å². The third kappa shape index (κ3) is 4.33. The summed E-state index contributed by atoms with van der Waals surface area (Å²) in [6.45, 7) is 3.80. The first kappa shape index (κ1) is 16.6. The zero-order chi connectivity index (χ0) is 15.4. The predicted molar refractivity (Wildman–Crippen MR) is 83.8 cm³/mol. The minimum atomic E-state index is -0.718. The van der Waals surface area contributed by atoms with E-state index in [4.69, 9.17) is 21.4 Å². The van der Waals surface area contributed by atoms with E-state index in [0.717, 1.165) is 25.9 Å². The maximum atomic E-state index is 10.1. The van der Waals surface area contributed by atoms with Crippen molar-refractivity contribution < 1.29 is 14.9 Å². The molecule has 1 aromatic carbocycles. The van der Waals surface area contributed by atoms with Crippen molar-refractivity contribution in [2.24, 2.45) is 5.92 Å². The Bertz CT molecular complexity index is 461. The molecule has 1 fully saturated rings. The largest absolute Gasteiger partial charge is 0.489 e. The monoisotopic (exact) mass is 313 g/mol. The number of nitrogens with zero attached hydrogens (tertiary/aromatic N) is 1. The highest BCUT2D eigenvalue weighted by molar-refractivity contribution is 6.32. The molecule has 21 heavy (non-hydrogen) atoms. The van der Waals surface area contributed by atoms with Crippen LogP contribution in [-0.2, 0) is 0 Å². The molecule has 2 rings (SSSR count). The van der Waals surface area contributed by atoms with Gasteiger partial charge >= 0.3 is 0 Å². The van der Waals surface area contributed by atoms with Crippen molar-refractivity contribution in [3.05, 3.63) is 28.8 Å². The molecule has 0 bridgehead atoms. The number of hydrogen-bond donors (Lipinski definition) is 2. The molecule has 0 radical (unpaired) electrons. The molecule has 2 atom stereocenters. The Morgan fingerprint density at radius 1 is 1.38 bits per heavy atom. The molecule has 0 spiro atoms. The average molecular weight is 314 g/mol. The number of halogens is 1. The number of hydrogen-bond acceptors (Lipinski definition) is 4. The highest BCUT2D eigenvalue weighted by Crippen LogP contribution is 2.32. The van der Waals surface area contributed by atoms with Crippen LogP contribution in [0.25, 0.3) is 0 Å². The van der Waals surface area contributed by atoms with Gasteiger partial charge in [0.2, 0.25) is 0 Å². The molecule has 0 saturated carbocycles. The highest BCUT2D eigenvalue weighted by Gasteiger charge is 2.20. The van der Waals surface area contributed by atoms with Gasteiger partial charge in [-0.2, -0.15) is 0 Å². The summed E-state index contributed by atoms with van der Waals surface area (Å²) in [6, 6.07) is 5.35. The molecular formula is C16H24ClNO3. The van der Waals surface area contributed by atoms with E-state index in [9.17, 15) is 5.11 Å². The summed E-state index contributed by atoms with van der Waals surface area (Å²) < 4.78 is 5.97. The lowest BCUT2D eigenvalue weighted by molar-refractivity contribution is 0.0768. The smallest absolute Gasteiger partial charge is 0.138 e. The van der Waals surface area contributed by atoms with E-state index >= 15 is 0 Å². The van der Waals surface area contributed by atoms with E-state index in [0.29, 0.717) is 16.3 Å². The Balaban J connectivity index is 2.02. The molecule has 118 valence electrons. The summed E-state index contributed by atoms with van der Waals surface area (Å²) >= 11 is 6.26. The Morgan fingerprint density at radius 2 is 2.05 bits per heavy atom. The summed E-state index contributed by atoms with van der Waals surface area (Å²) in [4.78, 5) is 2.29. The topological polar surface area (TPSA) is 52.9 Å². The first-order valence-corrected chi connectivity index (χ1v) is 7.82. The molecular weight excluding hydrogens is 290 g/mol. The molecule has 2 N–H and O–H groups in total. The number of benzene rings is 1. The Hall–Kier alpha value is -0.810. The molecule has 1 aromatic rings. The van der Waals surface area contributed by atoms with E-state index in [1.54, 1.807) is 13.0 Å². The van der Waals surface area contributed by atoms with Gasteiger partial charge < -0.3 is 19.8 Å². The van der Waals surface area contributed by atoms with Gasteiger partial charge in [0.25, 0.3) is 0 Å². The van der Waals surface area contributed by atoms with Crippen molar-refractivity contribution >= 4 is 11.6 Å². The number of aliphatic hydroxyl groups excluding tert-OH is 2. The van der Waals surface area contributed by atoms with Gasteiger partial charge in [0.05, 0.1) is 11.1 Å². The van der Waals surface area contributed by atoms with Crippen molar-refractivity contribution in [1.29, 1.82) is 0 Å². The number of rotatable bonds is 5. The number of ether oxygens (including phenoxy) is 1. The van der Waals surface area contributed by atoms with Gasteiger partial charge in [0, 0.05) is 25.6 Å². The van der Waals surface area contributed by atoms with Crippen LogP contribution in [-0.4, -0.2) is 48.0 Å². The molecule has 0 aromatic heterocycles. The van der Waals surface area contributed by atoms with Crippen molar-refractivity contribution in [3.63, 3.8) is 0 Å². The zero-order valence-corrected chi connectivity index (χ0v) is 13.4. The van der Waals surface area contributed by atoms with E-state index in [1.165, 1.54) is 0 Å². The average Bonchev–Trinajstić information content (AvgIpc) is 2.50. The predicted octanol–water partition coefficient (Wildman–Crippen LogP) is 2.47. The first-order valence-electron chi connectivity index (χ1n) is 7.45. The van der Waals surface area contributed by atoms with Gasteiger partial charge in [0.1, 0.15) is 11.9 Å². The minimum Gasteiger partial charge on any atom is -0.489 e. The second kappa shape index (κ2) is 7.45. The standard InChI is InChI=1S/C16H24ClNO3/c1-11(10-19)16(20)12-3-4-15(14(17)9-12)21-13-5-7-18(2)8-6-13/h3-4,9,11,13,16,19-20H,5-8,10H2,1-2H3/t11-,16+/m1/s1. The van der Waals surface area contributed by atoms with Crippen LogP contribution >= 0.6 is 11.6 Å². The van der Waals surface area contributed by atoms with Crippen LogP contribution < -0.4 is 4.74 Å². The van der Waals surface area contributed by atoms with Gasteiger partial charge in [0.15, 0.2) is 0 Å². The summed E-state index contributed by atoms with van der Waals surface area (Å²) in [5.74, 6) is 0.445. The van der Waals surface area contributed by atoms with Gasteiger partial charge in [-0.05, 0) is 37.6 Å². The third-order valence-electron chi connectivity index (χ3n) is 4.08. The Kier molecular flexibility index (Phi) is 5.88. The summed E-state index contributed by atoms with van der Waals surface area (Å²) in [6.07, 6.45) is 1.48. The molecule has 0 unspecified atom stereocenters. The van der Waals surface area contributed by atoms with Gasteiger partial charge in [-0.15, -0.1) is 0 Å². The second-order valence-electron chi connectivity index (χ2n) is 5.92. The van der Waals surface area contributed by atoms with Gasteiger partial charge in [-0.3, -0.25) is 0 Å². The van der Waals surface area contributed by atoms with Crippen LogP contribution in [0.3, 0.4) is 0 Å². The number of likely N-dealkylation sites (tertiary alicyclic amines) is 1. The molecule has 1 aliphatic rings. The van der Waals surface area contributed by atoms with Gasteiger partial charge in [-0.25, -0.2) is 0 Å². The van der Waals surface area contributed by atoms with E-state index in [2.05, 4.69) is 11.9 Å². The highest BCUT2D eigenvalue weighted by atomic mass is 35.5. The quantitative estimate of drug-likeness (QED) is 0.877. The third-order valence-corrected chi connectivity index (χ3v) is 4.38. The molecule has 0 amide bonds. The normalized spacial score (nSPS) is 20.2. The molecule has 1 aliphatic heterocycles. The van der Waals surface area contributed by atoms with Crippen molar-refractivity contribution in [2.45, 2.75) is 32.0 Å². The lowest BCUT2D eigenvalue weighted by atomic mass is 9.98. The fraction of sp³-hybridized carbons (Fsp3) is 0.625. The molecule has 0 aliphatic carbocycles. The van der Waals surface area contributed by atoms with Crippen LogP contribution in [0.4, 0.5) is 0 Å². The van der Waals surface area contributed by atoms with E-state index < -0.39 is 6.10 Å². The van der Waals surface area contributed by atoms with Crippen molar-refractivity contribution in [1.82, 2.24) is 4.90 Å². The molecule has 5 heteroatoms.